The van der Waals surface area contributed by atoms with Crippen LogP contribution in [0.5, 0.6) is 0 Å². The Bertz CT molecular complexity index is 831. The number of aryl methyl sites for hydroxylation is 3. The van der Waals surface area contributed by atoms with Crippen LogP contribution in [0.15, 0.2) is 21.3 Å². The van der Waals surface area contributed by atoms with E-state index in [1.165, 1.54) is 13.0 Å². The summed E-state index contributed by atoms with van der Waals surface area (Å²) in [5.74, 6) is -0.753. The number of carbonyl (C=O) groups excluding carboxylic acids is 2. The Labute approximate surface area is 140 Å². The molecule has 2 heterocycles. The molecule has 0 N–H and O–H groups in total. The Kier molecular flexibility index (Phi) is 5.07. The van der Waals surface area contributed by atoms with Crippen LogP contribution in [0.2, 0.25) is 0 Å². The molecule has 0 saturated heterocycles. The number of Topliss-reactive ketones (excluding diaryl/α,β-unsaturated/α-hetero) is 1. The molecule has 0 aliphatic carbocycles. The van der Waals surface area contributed by atoms with Crippen LogP contribution in [-0.4, -0.2) is 22.9 Å². The van der Waals surface area contributed by atoms with Crippen molar-refractivity contribution in [3.63, 3.8) is 0 Å². The minimum absolute atomic E-state index is 0.182. The number of aromatic nitrogens is 1. The Hall–Kier alpha value is -2.63. The molecule has 0 fully saturated rings. The molecule has 0 amide bonds. The van der Waals surface area contributed by atoms with Crippen molar-refractivity contribution in [3.05, 3.63) is 56.4 Å². The van der Waals surface area contributed by atoms with Crippen molar-refractivity contribution in [2.75, 3.05) is 6.61 Å². The molecule has 0 spiro atoms. The molecule has 24 heavy (non-hydrogen) atoms. The van der Waals surface area contributed by atoms with Crippen LogP contribution < -0.4 is 5.63 Å². The first kappa shape index (κ1) is 17.7. The second-order valence-corrected chi connectivity index (χ2v) is 5.71. The number of carbonyl (C=O) groups is 2. The van der Waals surface area contributed by atoms with Crippen molar-refractivity contribution in [1.29, 1.82) is 0 Å². The predicted molar refractivity (Wildman–Crippen MR) is 88.6 cm³/mol. The number of nitrogens with zero attached hydrogens (tertiary/aromatic N) is 1. The predicted octanol–water partition coefficient (Wildman–Crippen LogP) is 2.73. The van der Waals surface area contributed by atoms with E-state index < -0.39 is 11.6 Å². The first-order chi connectivity index (χ1) is 11.3. The van der Waals surface area contributed by atoms with Gasteiger partial charge in [-0.3, -0.25) is 4.79 Å². The lowest BCUT2D eigenvalue weighted by Crippen LogP contribution is -2.18. The molecule has 6 heteroatoms. The van der Waals surface area contributed by atoms with E-state index in [0.29, 0.717) is 11.1 Å². The van der Waals surface area contributed by atoms with Gasteiger partial charge < -0.3 is 13.7 Å². The van der Waals surface area contributed by atoms with Crippen LogP contribution in [0.25, 0.3) is 0 Å². The maximum absolute atomic E-state index is 12.3. The molecule has 0 bridgehead atoms. The highest BCUT2D eigenvalue weighted by atomic mass is 16.5. The summed E-state index contributed by atoms with van der Waals surface area (Å²) in [6.07, 6.45) is 0. The molecule has 2 aromatic heterocycles. The topological polar surface area (TPSA) is 78.5 Å². The summed E-state index contributed by atoms with van der Waals surface area (Å²) in [7, 11) is 0. The molecule has 0 aromatic carbocycles. The monoisotopic (exact) mass is 331 g/mol. The van der Waals surface area contributed by atoms with Crippen LogP contribution in [-0.2, 0) is 11.3 Å². The van der Waals surface area contributed by atoms with Crippen LogP contribution in [0, 0.1) is 27.7 Å². The highest BCUT2D eigenvalue weighted by Crippen LogP contribution is 2.17. The fraction of sp³-hybridized carbons (Fsp3) is 0.389. The van der Waals surface area contributed by atoms with Crippen molar-refractivity contribution < 1.29 is 18.7 Å². The lowest BCUT2D eigenvalue weighted by atomic mass is 10.1. The van der Waals surface area contributed by atoms with E-state index in [9.17, 15) is 14.4 Å². The van der Waals surface area contributed by atoms with Gasteiger partial charge in [-0.1, -0.05) is 0 Å². The summed E-state index contributed by atoms with van der Waals surface area (Å²) in [4.78, 5) is 35.8. The lowest BCUT2D eigenvalue weighted by Gasteiger charge is -2.08. The van der Waals surface area contributed by atoms with Gasteiger partial charge in [0.1, 0.15) is 11.3 Å². The highest BCUT2D eigenvalue weighted by Gasteiger charge is 2.20. The maximum Gasteiger partial charge on any atom is 0.342 e. The SMILES string of the molecule is CCn1c(C)cc(C(=O)COC(=O)c2c(C)cc(=O)oc2C)c1C. The van der Waals surface area contributed by atoms with Gasteiger partial charge >= 0.3 is 11.6 Å². The zero-order valence-corrected chi connectivity index (χ0v) is 14.6. The normalized spacial score (nSPS) is 10.7. The molecule has 0 radical (unpaired) electrons. The number of rotatable bonds is 5. The summed E-state index contributed by atoms with van der Waals surface area (Å²) in [6, 6.07) is 3.02. The average molecular weight is 331 g/mol. The Morgan fingerprint density at radius 3 is 2.38 bits per heavy atom. The molecule has 6 nitrogen and oxygen atoms in total. The molecule has 0 aliphatic heterocycles. The summed E-state index contributed by atoms with van der Waals surface area (Å²) >= 11 is 0. The number of hydrogen-bond acceptors (Lipinski definition) is 5. The van der Waals surface area contributed by atoms with Gasteiger partial charge in [0.15, 0.2) is 6.61 Å². The number of ether oxygens (including phenoxy) is 1. The van der Waals surface area contributed by atoms with Gasteiger partial charge in [-0.25, -0.2) is 9.59 Å². The largest absolute Gasteiger partial charge is 0.454 e. The lowest BCUT2D eigenvalue weighted by molar-refractivity contribution is 0.0469. The second kappa shape index (κ2) is 6.86. The summed E-state index contributed by atoms with van der Waals surface area (Å²) in [5.41, 5.74) is 2.52. The minimum atomic E-state index is -0.675. The number of ketones is 1. The highest BCUT2D eigenvalue weighted by molar-refractivity contribution is 6.00. The van der Waals surface area contributed by atoms with E-state index in [0.717, 1.165) is 17.9 Å². The molecule has 0 aliphatic rings. The van der Waals surface area contributed by atoms with E-state index in [-0.39, 0.29) is 23.7 Å². The standard InChI is InChI=1S/C18H21NO5/c1-6-19-11(3)8-14(12(19)4)15(20)9-23-18(22)17-10(2)7-16(21)24-13(17)5/h7-8H,6,9H2,1-5H3. The third-order valence-electron chi connectivity index (χ3n) is 4.06. The van der Waals surface area contributed by atoms with E-state index in [1.807, 2.05) is 25.3 Å². The summed E-state index contributed by atoms with van der Waals surface area (Å²) in [5, 5.41) is 0. The number of esters is 1. The Morgan fingerprint density at radius 2 is 1.83 bits per heavy atom. The van der Waals surface area contributed by atoms with Gasteiger partial charge in [0.2, 0.25) is 5.78 Å². The summed E-state index contributed by atoms with van der Waals surface area (Å²) < 4.78 is 12.1. The zero-order valence-electron chi connectivity index (χ0n) is 14.6. The average Bonchev–Trinajstić information content (AvgIpc) is 2.78. The van der Waals surface area contributed by atoms with Gasteiger partial charge in [-0.15, -0.1) is 0 Å². The molecule has 2 rings (SSSR count). The maximum atomic E-state index is 12.3. The molecule has 128 valence electrons. The van der Waals surface area contributed by atoms with Crippen LogP contribution in [0.4, 0.5) is 0 Å². The fourth-order valence-electron chi connectivity index (χ4n) is 2.91. The third-order valence-corrected chi connectivity index (χ3v) is 4.06. The molecule has 0 unspecified atom stereocenters. The first-order valence-corrected chi connectivity index (χ1v) is 7.74. The fourth-order valence-corrected chi connectivity index (χ4v) is 2.91. The molecule has 0 atom stereocenters. The van der Waals surface area contributed by atoms with Gasteiger partial charge in [-0.2, -0.15) is 0 Å². The van der Waals surface area contributed by atoms with Crippen LogP contribution in [0.3, 0.4) is 0 Å². The van der Waals surface area contributed by atoms with Crippen molar-refractivity contribution in [3.8, 4) is 0 Å². The van der Waals surface area contributed by atoms with E-state index in [2.05, 4.69) is 0 Å². The van der Waals surface area contributed by atoms with E-state index in [1.54, 1.807) is 13.0 Å². The van der Waals surface area contributed by atoms with Crippen molar-refractivity contribution >= 4 is 11.8 Å². The van der Waals surface area contributed by atoms with E-state index >= 15 is 0 Å². The van der Waals surface area contributed by atoms with Crippen LogP contribution in [0.1, 0.15) is 50.4 Å². The van der Waals surface area contributed by atoms with Gasteiger partial charge in [-0.05, 0) is 46.2 Å². The van der Waals surface area contributed by atoms with Crippen LogP contribution >= 0.6 is 0 Å². The van der Waals surface area contributed by atoms with Gasteiger partial charge in [0.25, 0.3) is 0 Å². The zero-order chi connectivity index (χ0) is 18.0. The molecule has 0 saturated carbocycles. The Balaban J connectivity index is 2.15. The quantitative estimate of drug-likeness (QED) is 0.622. The van der Waals surface area contributed by atoms with Gasteiger partial charge in [0.05, 0.1) is 0 Å². The second-order valence-electron chi connectivity index (χ2n) is 5.71. The van der Waals surface area contributed by atoms with Crippen molar-refractivity contribution in [1.82, 2.24) is 4.57 Å². The minimum Gasteiger partial charge on any atom is -0.454 e. The third kappa shape index (κ3) is 3.32. The molecule has 2 aromatic rings. The van der Waals surface area contributed by atoms with Crippen molar-refractivity contribution in [2.24, 2.45) is 0 Å². The smallest absolute Gasteiger partial charge is 0.342 e. The Morgan fingerprint density at radius 1 is 1.17 bits per heavy atom. The molecular weight excluding hydrogens is 310 g/mol. The first-order valence-electron chi connectivity index (χ1n) is 7.74. The van der Waals surface area contributed by atoms with Crippen molar-refractivity contribution in [2.45, 2.75) is 41.2 Å². The van der Waals surface area contributed by atoms with E-state index in [4.69, 9.17) is 9.15 Å². The summed E-state index contributed by atoms with van der Waals surface area (Å²) in [6.45, 7) is 9.35. The molecular formula is C18H21NO5. The van der Waals surface area contributed by atoms with Gasteiger partial charge in [0, 0.05) is 29.6 Å². The number of hydrogen-bond donors (Lipinski definition) is 0.